The first-order valence-electron chi connectivity index (χ1n) is 8.04. The number of pyridine rings is 1. The van der Waals surface area contributed by atoms with Crippen molar-refractivity contribution in [3.05, 3.63) is 36.3 Å². The highest BCUT2D eigenvalue weighted by Crippen LogP contribution is 2.28. The van der Waals surface area contributed by atoms with E-state index in [-0.39, 0.29) is 5.91 Å². The van der Waals surface area contributed by atoms with E-state index < -0.39 is 5.41 Å². The largest absolute Gasteiger partial charge is 0.374 e. The molecule has 2 heterocycles. The molecule has 3 aromatic rings. The number of nitrogens with zero attached hydrogens (tertiary/aromatic N) is 3. The third kappa shape index (κ3) is 2.85. The number of aromatic nitrogens is 3. The van der Waals surface area contributed by atoms with Gasteiger partial charge in [-0.2, -0.15) is 0 Å². The van der Waals surface area contributed by atoms with Crippen LogP contribution in [0.25, 0.3) is 21.9 Å². The van der Waals surface area contributed by atoms with E-state index in [1.54, 1.807) is 6.20 Å². The first-order valence-corrected chi connectivity index (χ1v) is 8.04. The number of amides is 1. The van der Waals surface area contributed by atoms with Crippen molar-refractivity contribution in [3.8, 4) is 0 Å². The summed E-state index contributed by atoms with van der Waals surface area (Å²) in [6.45, 7) is 7.05. The molecule has 0 fully saturated rings. The molecule has 0 radical (unpaired) electrons. The first-order chi connectivity index (χ1) is 11.4. The van der Waals surface area contributed by atoms with Crippen LogP contribution in [0.4, 0.5) is 0 Å². The summed E-state index contributed by atoms with van der Waals surface area (Å²) in [5.41, 5.74) is 7.53. The third-order valence-electron chi connectivity index (χ3n) is 4.21. The Balaban J connectivity index is 2.24. The van der Waals surface area contributed by atoms with Crippen molar-refractivity contribution in [1.29, 1.82) is 0 Å². The Kier molecular flexibility index (Phi) is 4.24. The molecule has 0 aliphatic rings. The zero-order chi connectivity index (χ0) is 17.3. The van der Waals surface area contributed by atoms with Gasteiger partial charge in [-0.1, -0.05) is 18.2 Å². The smallest absolute Gasteiger partial charge is 0.224 e. The predicted octanol–water partition coefficient (Wildman–Crippen LogP) is 2.63. The summed E-state index contributed by atoms with van der Waals surface area (Å²) in [7, 11) is 0. The molecule has 2 N–H and O–H groups in total. The molecular weight excluding hydrogens is 304 g/mol. The number of para-hydroxylation sites is 1. The highest BCUT2D eigenvalue weighted by Gasteiger charge is 2.28. The summed E-state index contributed by atoms with van der Waals surface area (Å²) in [6, 6.07) is 7.91. The molecule has 0 saturated heterocycles. The molecule has 0 unspecified atom stereocenters. The molecule has 0 atom stereocenters. The van der Waals surface area contributed by atoms with E-state index in [0.29, 0.717) is 19.8 Å². The number of ether oxygens (including phenoxy) is 1. The number of fused-ring (bicyclic) bond motifs is 3. The quantitative estimate of drug-likeness (QED) is 0.755. The minimum atomic E-state index is -0.695. The van der Waals surface area contributed by atoms with Crippen LogP contribution in [0.1, 0.15) is 26.6 Å². The third-order valence-corrected chi connectivity index (χ3v) is 4.21. The van der Waals surface area contributed by atoms with Gasteiger partial charge in [0.2, 0.25) is 5.91 Å². The lowest BCUT2D eigenvalue weighted by Gasteiger charge is -2.23. The van der Waals surface area contributed by atoms with E-state index in [9.17, 15) is 4.79 Å². The summed E-state index contributed by atoms with van der Waals surface area (Å²) in [4.78, 5) is 21.0. The monoisotopic (exact) mass is 326 g/mol. The van der Waals surface area contributed by atoms with Crippen LogP contribution in [0.15, 0.2) is 30.5 Å². The van der Waals surface area contributed by atoms with Crippen molar-refractivity contribution in [2.75, 3.05) is 6.61 Å². The van der Waals surface area contributed by atoms with Gasteiger partial charge in [0.1, 0.15) is 17.9 Å². The summed E-state index contributed by atoms with van der Waals surface area (Å²) in [6.07, 6.45) is 1.76. The van der Waals surface area contributed by atoms with Crippen molar-refractivity contribution in [1.82, 2.24) is 14.5 Å². The Labute approximate surface area is 140 Å². The van der Waals surface area contributed by atoms with Crippen molar-refractivity contribution in [2.24, 2.45) is 11.1 Å². The SMILES string of the molecule is CCOCc1nc2cnc3ccccc3c2n1CC(C)(C)C(N)=O. The number of nitrogens with two attached hydrogens (primary N) is 1. The van der Waals surface area contributed by atoms with Gasteiger partial charge >= 0.3 is 0 Å². The van der Waals surface area contributed by atoms with E-state index in [1.165, 1.54) is 0 Å². The number of rotatable bonds is 6. The highest BCUT2D eigenvalue weighted by atomic mass is 16.5. The fourth-order valence-corrected chi connectivity index (χ4v) is 2.76. The van der Waals surface area contributed by atoms with Gasteiger partial charge in [0.15, 0.2) is 0 Å². The lowest BCUT2D eigenvalue weighted by molar-refractivity contribution is -0.126. The number of carbonyl (C=O) groups is 1. The number of imidazole rings is 1. The maximum Gasteiger partial charge on any atom is 0.224 e. The summed E-state index contributed by atoms with van der Waals surface area (Å²) in [5.74, 6) is 0.435. The molecule has 0 bridgehead atoms. The molecule has 0 saturated carbocycles. The van der Waals surface area contributed by atoms with Crippen LogP contribution in [0, 0.1) is 5.41 Å². The molecular formula is C18H22N4O2. The van der Waals surface area contributed by atoms with Gasteiger partial charge in [-0.3, -0.25) is 9.78 Å². The minimum absolute atomic E-state index is 0.343. The van der Waals surface area contributed by atoms with Crippen LogP contribution in [0.3, 0.4) is 0 Å². The summed E-state index contributed by atoms with van der Waals surface area (Å²) >= 11 is 0. The minimum Gasteiger partial charge on any atom is -0.374 e. The zero-order valence-electron chi connectivity index (χ0n) is 14.2. The van der Waals surface area contributed by atoms with Crippen LogP contribution in [-0.2, 0) is 22.7 Å². The number of hydrogen-bond donors (Lipinski definition) is 1. The van der Waals surface area contributed by atoms with Crippen LogP contribution >= 0.6 is 0 Å². The fraction of sp³-hybridized carbons (Fsp3) is 0.389. The average molecular weight is 326 g/mol. The van der Waals surface area contributed by atoms with Crippen LogP contribution in [0.2, 0.25) is 0 Å². The Hall–Kier alpha value is -2.47. The van der Waals surface area contributed by atoms with E-state index in [4.69, 9.17) is 10.5 Å². The Bertz CT molecular complexity index is 899. The van der Waals surface area contributed by atoms with Gasteiger partial charge in [0, 0.05) is 18.5 Å². The number of benzene rings is 1. The Morgan fingerprint density at radius 3 is 2.75 bits per heavy atom. The molecule has 1 amide bonds. The molecule has 3 rings (SSSR count). The van der Waals surface area contributed by atoms with Crippen LogP contribution < -0.4 is 5.73 Å². The van der Waals surface area contributed by atoms with Crippen molar-refractivity contribution in [2.45, 2.75) is 33.9 Å². The van der Waals surface area contributed by atoms with Gasteiger partial charge in [0.25, 0.3) is 0 Å². The Morgan fingerprint density at radius 1 is 1.29 bits per heavy atom. The fourth-order valence-electron chi connectivity index (χ4n) is 2.76. The van der Waals surface area contributed by atoms with Gasteiger partial charge in [-0.15, -0.1) is 0 Å². The molecule has 0 aliphatic carbocycles. The number of hydrogen-bond acceptors (Lipinski definition) is 4. The molecule has 6 nitrogen and oxygen atoms in total. The lowest BCUT2D eigenvalue weighted by atomic mass is 9.92. The molecule has 0 spiro atoms. The molecule has 24 heavy (non-hydrogen) atoms. The zero-order valence-corrected chi connectivity index (χ0v) is 14.2. The van der Waals surface area contributed by atoms with Crippen LogP contribution in [0.5, 0.6) is 0 Å². The Morgan fingerprint density at radius 2 is 2.04 bits per heavy atom. The maximum atomic E-state index is 11.8. The molecule has 126 valence electrons. The summed E-state index contributed by atoms with van der Waals surface area (Å²) < 4.78 is 7.60. The summed E-state index contributed by atoms with van der Waals surface area (Å²) in [5, 5.41) is 1.01. The number of carbonyl (C=O) groups excluding carboxylic acids is 1. The van der Waals surface area contributed by atoms with E-state index in [2.05, 4.69) is 9.97 Å². The predicted molar refractivity (Wildman–Crippen MR) is 93.3 cm³/mol. The average Bonchev–Trinajstić information content (AvgIpc) is 2.90. The molecule has 0 aliphatic heterocycles. The van der Waals surface area contributed by atoms with E-state index >= 15 is 0 Å². The lowest BCUT2D eigenvalue weighted by Crippen LogP contribution is -2.35. The second-order valence-corrected chi connectivity index (χ2v) is 6.51. The second-order valence-electron chi connectivity index (χ2n) is 6.51. The van der Waals surface area contributed by atoms with Crippen molar-refractivity contribution in [3.63, 3.8) is 0 Å². The topological polar surface area (TPSA) is 83.0 Å². The van der Waals surface area contributed by atoms with Gasteiger partial charge in [0.05, 0.1) is 22.6 Å². The number of primary amides is 1. The van der Waals surface area contributed by atoms with Crippen molar-refractivity contribution >= 4 is 27.8 Å². The first kappa shape index (κ1) is 16.4. The van der Waals surface area contributed by atoms with Crippen LogP contribution in [-0.4, -0.2) is 27.0 Å². The molecule has 2 aromatic heterocycles. The van der Waals surface area contributed by atoms with Crippen molar-refractivity contribution < 1.29 is 9.53 Å². The van der Waals surface area contributed by atoms with Gasteiger partial charge in [-0.25, -0.2) is 4.98 Å². The molecule has 6 heteroatoms. The maximum absolute atomic E-state index is 11.8. The normalized spacial score (nSPS) is 12.1. The van der Waals surface area contributed by atoms with E-state index in [1.807, 2.05) is 49.6 Å². The second kappa shape index (κ2) is 6.20. The van der Waals surface area contributed by atoms with Gasteiger partial charge in [-0.05, 0) is 26.8 Å². The van der Waals surface area contributed by atoms with Gasteiger partial charge < -0.3 is 15.0 Å². The molecule has 1 aromatic carbocycles. The standard InChI is InChI=1S/C18H22N4O2/c1-4-24-10-15-21-14-9-20-13-8-6-5-7-12(13)16(14)22(15)11-18(2,3)17(19)23/h5-9H,4,10-11H2,1-3H3,(H2,19,23). The highest BCUT2D eigenvalue weighted by molar-refractivity contribution is 6.02. The van der Waals surface area contributed by atoms with E-state index in [0.717, 1.165) is 27.8 Å².